The standard InChI is InChI=1S/C26H32F4O/c1-3-5-7-20-12-14-21(25(29)23(20)27)18-10-8-17(9-11-18)16-31-22-15-13-19(6-4-2)24(28)26(22)30/h12-15,17-18H,3-11,16H2,1-2H3. The van der Waals surface area contributed by atoms with E-state index >= 15 is 0 Å². The molecule has 0 atom stereocenters. The van der Waals surface area contributed by atoms with Crippen LogP contribution in [0.2, 0.25) is 0 Å². The highest BCUT2D eigenvalue weighted by Gasteiger charge is 2.27. The second-order valence-corrected chi connectivity index (χ2v) is 8.67. The highest BCUT2D eigenvalue weighted by atomic mass is 19.2. The smallest absolute Gasteiger partial charge is 0.200 e. The van der Waals surface area contributed by atoms with E-state index in [1.54, 1.807) is 18.2 Å². The Morgan fingerprint density at radius 3 is 2.06 bits per heavy atom. The van der Waals surface area contributed by atoms with Crippen LogP contribution in [0.25, 0.3) is 0 Å². The van der Waals surface area contributed by atoms with Gasteiger partial charge in [0.2, 0.25) is 5.82 Å². The molecular weight excluding hydrogens is 404 g/mol. The Labute approximate surface area is 182 Å². The monoisotopic (exact) mass is 436 g/mol. The first-order valence-corrected chi connectivity index (χ1v) is 11.5. The lowest BCUT2D eigenvalue weighted by atomic mass is 9.78. The summed E-state index contributed by atoms with van der Waals surface area (Å²) in [6.07, 6.45) is 6.58. The molecule has 3 rings (SSSR count). The fourth-order valence-corrected chi connectivity index (χ4v) is 4.47. The molecule has 2 aromatic rings. The van der Waals surface area contributed by atoms with Crippen LogP contribution in [0.3, 0.4) is 0 Å². The first-order valence-electron chi connectivity index (χ1n) is 11.5. The number of ether oxygens (including phenoxy) is 1. The maximum Gasteiger partial charge on any atom is 0.200 e. The van der Waals surface area contributed by atoms with Crippen molar-refractivity contribution in [2.45, 2.75) is 77.6 Å². The Morgan fingerprint density at radius 2 is 1.39 bits per heavy atom. The predicted molar refractivity (Wildman–Crippen MR) is 116 cm³/mol. The molecule has 0 radical (unpaired) electrons. The predicted octanol–water partition coefficient (Wildman–Crippen LogP) is 7.89. The van der Waals surface area contributed by atoms with Gasteiger partial charge in [0, 0.05) is 0 Å². The first kappa shape index (κ1) is 23.6. The van der Waals surface area contributed by atoms with Crippen molar-refractivity contribution in [2.24, 2.45) is 5.92 Å². The minimum absolute atomic E-state index is 0.0199. The molecule has 5 heteroatoms. The molecule has 1 aliphatic carbocycles. The van der Waals surface area contributed by atoms with Gasteiger partial charge in [-0.25, -0.2) is 13.2 Å². The Hall–Kier alpha value is -2.04. The molecule has 0 heterocycles. The molecule has 0 saturated heterocycles. The maximum absolute atomic E-state index is 14.6. The van der Waals surface area contributed by atoms with Crippen molar-refractivity contribution in [1.82, 2.24) is 0 Å². The Balaban J connectivity index is 1.56. The van der Waals surface area contributed by atoms with E-state index in [2.05, 4.69) is 0 Å². The van der Waals surface area contributed by atoms with Crippen LogP contribution in [0.1, 0.15) is 81.4 Å². The highest BCUT2D eigenvalue weighted by Crippen LogP contribution is 2.38. The van der Waals surface area contributed by atoms with E-state index in [9.17, 15) is 17.6 Å². The molecule has 1 fully saturated rings. The molecule has 170 valence electrons. The summed E-state index contributed by atoms with van der Waals surface area (Å²) in [6, 6.07) is 6.53. The molecule has 1 saturated carbocycles. The second kappa shape index (κ2) is 11.0. The topological polar surface area (TPSA) is 9.23 Å². The van der Waals surface area contributed by atoms with Crippen molar-refractivity contribution in [2.75, 3.05) is 6.61 Å². The summed E-state index contributed by atoms with van der Waals surface area (Å²) in [6.45, 7) is 4.24. The average molecular weight is 437 g/mol. The van der Waals surface area contributed by atoms with Crippen LogP contribution in [0.5, 0.6) is 5.75 Å². The van der Waals surface area contributed by atoms with E-state index in [0.717, 1.165) is 44.9 Å². The molecule has 0 amide bonds. The summed E-state index contributed by atoms with van der Waals surface area (Å²) >= 11 is 0. The molecule has 0 unspecified atom stereocenters. The summed E-state index contributed by atoms with van der Waals surface area (Å²) < 4.78 is 63.0. The molecular formula is C26H32F4O. The van der Waals surface area contributed by atoms with Crippen molar-refractivity contribution in [3.05, 3.63) is 64.2 Å². The van der Waals surface area contributed by atoms with E-state index < -0.39 is 23.3 Å². The molecule has 0 bridgehead atoms. The van der Waals surface area contributed by atoms with Crippen LogP contribution >= 0.6 is 0 Å². The fourth-order valence-electron chi connectivity index (χ4n) is 4.47. The van der Waals surface area contributed by atoms with Gasteiger partial charge in [-0.05, 0) is 79.5 Å². The molecule has 31 heavy (non-hydrogen) atoms. The summed E-state index contributed by atoms with van der Waals surface area (Å²) in [5.41, 5.74) is 1.27. The largest absolute Gasteiger partial charge is 0.490 e. The van der Waals surface area contributed by atoms with E-state index in [0.29, 0.717) is 36.1 Å². The zero-order valence-electron chi connectivity index (χ0n) is 18.5. The molecule has 0 N–H and O–H groups in total. The molecule has 0 spiro atoms. The molecule has 0 aliphatic heterocycles. The van der Waals surface area contributed by atoms with Gasteiger partial charge < -0.3 is 4.74 Å². The van der Waals surface area contributed by atoms with Gasteiger partial charge in [-0.15, -0.1) is 0 Å². The molecule has 1 nitrogen and oxygen atoms in total. The van der Waals surface area contributed by atoms with Crippen LogP contribution in [0, 0.1) is 29.2 Å². The third-order valence-corrected chi connectivity index (χ3v) is 6.40. The maximum atomic E-state index is 14.6. The van der Waals surface area contributed by atoms with Gasteiger partial charge in [0.05, 0.1) is 6.61 Å². The quantitative estimate of drug-likeness (QED) is 0.363. The van der Waals surface area contributed by atoms with Crippen LogP contribution in [0.4, 0.5) is 17.6 Å². The van der Waals surface area contributed by atoms with Gasteiger partial charge in [-0.2, -0.15) is 4.39 Å². The number of halogens is 4. The van der Waals surface area contributed by atoms with Crippen molar-refractivity contribution >= 4 is 0 Å². The SMILES string of the molecule is CCCCc1ccc(C2CCC(COc3ccc(CCC)c(F)c3F)CC2)c(F)c1F. The van der Waals surface area contributed by atoms with Crippen LogP contribution < -0.4 is 4.74 Å². The normalized spacial score (nSPS) is 18.9. The summed E-state index contributed by atoms with van der Waals surface area (Å²) in [7, 11) is 0. The fraction of sp³-hybridized carbons (Fsp3) is 0.538. The lowest BCUT2D eigenvalue weighted by Gasteiger charge is -2.29. The Bertz CT molecular complexity index is 872. The molecule has 2 aromatic carbocycles. The number of benzene rings is 2. The lowest BCUT2D eigenvalue weighted by molar-refractivity contribution is 0.191. The number of hydrogen-bond acceptors (Lipinski definition) is 1. The van der Waals surface area contributed by atoms with E-state index in [1.165, 1.54) is 6.07 Å². The number of aryl methyl sites for hydroxylation is 2. The van der Waals surface area contributed by atoms with Crippen molar-refractivity contribution in [3.8, 4) is 5.75 Å². The van der Waals surface area contributed by atoms with Gasteiger partial charge >= 0.3 is 0 Å². The van der Waals surface area contributed by atoms with E-state index in [1.807, 2.05) is 13.8 Å². The van der Waals surface area contributed by atoms with Crippen molar-refractivity contribution in [1.29, 1.82) is 0 Å². The number of hydrogen-bond donors (Lipinski definition) is 0. The highest BCUT2D eigenvalue weighted by molar-refractivity contribution is 5.31. The number of rotatable bonds is 9. The summed E-state index contributed by atoms with van der Waals surface area (Å²) in [5.74, 6) is -3.07. The van der Waals surface area contributed by atoms with Gasteiger partial charge in [0.1, 0.15) is 0 Å². The molecule has 0 aromatic heterocycles. The van der Waals surface area contributed by atoms with Gasteiger partial charge in [0.25, 0.3) is 0 Å². The van der Waals surface area contributed by atoms with Gasteiger partial charge in [0.15, 0.2) is 23.2 Å². The number of unbranched alkanes of at least 4 members (excludes halogenated alkanes) is 1. The van der Waals surface area contributed by atoms with Crippen LogP contribution in [-0.2, 0) is 12.8 Å². The van der Waals surface area contributed by atoms with Crippen molar-refractivity contribution < 1.29 is 22.3 Å². The molecule has 1 aliphatic rings. The third kappa shape index (κ3) is 5.61. The third-order valence-electron chi connectivity index (χ3n) is 6.40. The van der Waals surface area contributed by atoms with E-state index in [4.69, 9.17) is 4.74 Å². The van der Waals surface area contributed by atoms with Crippen molar-refractivity contribution in [3.63, 3.8) is 0 Å². The summed E-state index contributed by atoms with van der Waals surface area (Å²) in [4.78, 5) is 0. The minimum atomic E-state index is -0.930. The zero-order valence-corrected chi connectivity index (χ0v) is 18.5. The Kier molecular flexibility index (Phi) is 8.39. The van der Waals surface area contributed by atoms with Gasteiger partial charge in [-0.3, -0.25) is 0 Å². The van der Waals surface area contributed by atoms with Crippen LogP contribution in [-0.4, -0.2) is 6.61 Å². The summed E-state index contributed by atoms with van der Waals surface area (Å²) in [5, 5.41) is 0. The van der Waals surface area contributed by atoms with Gasteiger partial charge in [-0.1, -0.05) is 44.9 Å². The second-order valence-electron chi connectivity index (χ2n) is 8.67. The minimum Gasteiger partial charge on any atom is -0.490 e. The zero-order chi connectivity index (χ0) is 22.4. The van der Waals surface area contributed by atoms with E-state index in [-0.39, 0.29) is 17.6 Å². The lowest BCUT2D eigenvalue weighted by Crippen LogP contribution is -2.20. The first-order chi connectivity index (χ1) is 15.0. The average Bonchev–Trinajstić information content (AvgIpc) is 2.78. The Morgan fingerprint density at radius 1 is 0.742 bits per heavy atom. The van der Waals surface area contributed by atoms with Crippen LogP contribution in [0.15, 0.2) is 24.3 Å².